The van der Waals surface area contributed by atoms with Gasteiger partial charge in [-0.1, -0.05) is 24.3 Å². The summed E-state index contributed by atoms with van der Waals surface area (Å²) in [4.78, 5) is 28.0. The molecule has 2 aliphatic rings. The van der Waals surface area contributed by atoms with Crippen LogP contribution in [-0.4, -0.2) is 73.1 Å². The minimum absolute atomic E-state index is 0.0213. The van der Waals surface area contributed by atoms with E-state index in [2.05, 4.69) is 30.2 Å². The van der Waals surface area contributed by atoms with Gasteiger partial charge in [-0.2, -0.15) is 5.10 Å². The number of fused-ring (bicyclic) bond motifs is 2. The number of hydrogen-bond donors (Lipinski definition) is 3. The lowest BCUT2D eigenvalue weighted by molar-refractivity contribution is -0.00423. The van der Waals surface area contributed by atoms with Crippen molar-refractivity contribution in [3.8, 4) is 11.4 Å². The number of nitrogens with one attached hydrogen (secondary N) is 1. The summed E-state index contributed by atoms with van der Waals surface area (Å²) < 4.78 is 37.6. The third-order valence-corrected chi connectivity index (χ3v) is 10.8. The molecule has 6 aromatic rings. The third-order valence-electron chi connectivity index (χ3n) is 9.76. The number of para-hydroxylation sites is 1. The zero-order valence-electron chi connectivity index (χ0n) is 28.2. The van der Waals surface area contributed by atoms with E-state index in [9.17, 15) is 18.7 Å². The number of ether oxygens (including phenoxy) is 1. The van der Waals surface area contributed by atoms with Gasteiger partial charge in [-0.25, -0.2) is 23.4 Å². The standard InChI is InChI=1S/C37H37F2N9O3S/c38-24-6-8-29(30(39)16-24)37(50,21-46-23-41-22-43-46)11-13-45-12-10-25(20-45)42-19-28-18-32-35(52-28)44-34(40)36(49)48(32)27-7-9-33-31(17-27)47(14-15-51-33)26-4-2-1-3-5-26/h1-9,16-18,22-23,25,42,50H,10-15,19-21H2,(H2,40,44)/t25-,37?/m1/s1. The number of nitrogens with zero attached hydrogens (tertiary/aromatic N) is 7. The van der Waals surface area contributed by atoms with Crippen LogP contribution in [0.25, 0.3) is 16.0 Å². The number of rotatable bonds is 11. The molecule has 0 radical (unpaired) electrons. The molecule has 3 aromatic heterocycles. The molecule has 0 aliphatic carbocycles. The van der Waals surface area contributed by atoms with Crippen molar-refractivity contribution in [2.45, 2.75) is 37.6 Å². The molecule has 0 spiro atoms. The molecule has 5 heterocycles. The SMILES string of the molecule is Nc1nc2sc(CN[C@@H]3CCN(CCC(O)(Cn4cncn4)c4ccc(F)cc4F)C3)cc2n(-c2ccc3c(c2)N(c2ccccc2)CCO3)c1=O. The van der Waals surface area contributed by atoms with Gasteiger partial charge in [0, 0.05) is 47.9 Å². The Kier molecular flexibility index (Phi) is 9.17. The third kappa shape index (κ3) is 6.75. The highest BCUT2D eigenvalue weighted by atomic mass is 32.1. The molecule has 0 bridgehead atoms. The molecule has 4 N–H and O–H groups in total. The van der Waals surface area contributed by atoms with Crippen LogP contribution in [0.3, 0.4) is 0 Å². The van der Waals surface area contributed by atoms with Crippen LogP contribution in [0.1, 0.15) is 23.3 Å². The zero-order chi connectivity index (χ0) is 35.8. The summed E-state index contributed by atoms with van der Waals surface area (Å²) in [7, 11) is 0. The molecular weight excluding hydrogens is 689 g/mol. The van der Waals surface area contributed by atoms with Crippen LogP contribution in [0, 0.1) is 11.6 Å². The first-order valence-corrected chi connectivity index (χ1v) is 17.9. The number of thiophene rings is 1. The monoisotopic (exact) mass is 725 g/mol. The van der Waals surface area contributed by atoms with E-state index in [1.165, 1.54) is 34.7 Å². The van der Waals surface area contributed by atoms with Gasteiger partial charge in [0.2, 0.25) is 0 Å². The van der Waals surface area contributed by atoms with Crippen molar-refractivity contribution in [1.29, 1.82) is 0 Å². The van der Waals surface area contributed by atoms with Crippen LogP contribution < -0.4 is 26.2 Å². The lowest BCUT2D eigenvalue weighted by atomic mass is 9.89. The molecule has 3 aromatic carbocycles. The molecule has 12 nitrogen and oxygen atoms in total. The van der Waals surface area contributed by atoms with Crippen molar-refractivity contribution >= 4 is 38.9 Å². The first-order valence-electron chi connectivity index (χ1n) is 17.1. The summed E-state index contributed by atoms with van der Waals surface area (Å²) in [6.07, 6.45) is 3.89. The van der Waals surface area contributed by atoms with Gasteiger partial charge in [-0.15, -0.1) is 11.3 Å². The summed E-state index contributed by atoms with van der Waals surface area (Å²) in [5.74, 6) is -0.835. The highest BCUT2D eigenvalue weighted by molar-refractivity contribution is 7.18. The Balaban J connectivity index is 0.967. The Morgan fingerprint density at radius 2 is 1.92 bits per heavy atom. The normalized spacial score (nSPS) is 17.3. The van der Waals surface area contributed by atoms with Crippen molar-refractivity contribution in [1.82, 2.24) is 34.5 Å². The smallest absolute Gasteiger partial charge is 0.298 e. The van der Waals surface area contributed by atoms with E-state index >= 15 is 0 Å². The number of nitrogens with two attached hydrogens (primary N) is 1. The average molecular weight is 726 g/mol. The molecule has 15 heteroatoms. The minimum atomic E-state index is -1.62. The number of benzene rings is 3. The van der Waals surface area contributed by atoms with Gasteiger partial charge in [-0.05, 0) is 61.9 Å². The van der Waals surface area contributed by atoms with Crippen LogP contribution in [0.15, 0.2) is 90.2 Å². The van der Waals surface area contributed by atoms with Crippen LogP contribution in [0.5, 0.6) is 5.75 Å². The van der Waals surface area contributed by atoms with Crippen molar-refractivity contribution < 1.29 is 18.6 Å². The molecule has 1 fully saturated rings. The molecular formula is C37H37F2N9O3S. The molecule has 0 amide bonds. The van der Waals surface area contributed by atoms with Crippen LogP contribution in [-0.2, 0) is 18.7 Å². The molecule has 2 aliphatic heterocycles. The number of anilines is 3. The average Bonchev–Trinajstić information content (AvgIpc) is 3.92. The first kappa shape index (κ1) is 33.9. The molecule has 2 atom stereocenters. The van der Waals surface area contributed by atoms with Gasteiger partial charge in [0.15, 0.2) is 5.82 Å². The highest BCUT2D eigenvalue weighted by Crippen LogP contribution is 2.39. The highest BCUT2D eigenvalue weighted by Gasteiger charge is 2.35. The molecule has 52 heavy (non-hydrogen) atoms. The molecule has 1 saturated heterocycles. The first-order chi connectivity index (χ1) is 25.2. The second-order valence-electron chi connectivity index (χ2n) is 13.2. The maximum Gasteiger partial charge on any atom is 0.298 e. The molecule has 8 rings (SSSR count). The van der Waals surface area contributed by atoms with Gasteiger partial charge >= 0.3 is 0 Å². The summed E-state index contributed by atoms with van der Waals surface area (Å²) in [6.45, 7) is 3.76. The van der Waals surface area contributed by atoms with Crippen molar-refractivity contribution in [3.63, 3.8) is 0 Å². The maximum absolute atomic E-state index is 14.9. The maximum atomic E-state index is 14.9. The largest absolute Gasteiger partial charge is 0.490 e. The van der Waals surface area contributed by atoms with Gasteiger partial charge in [0.1, 0.15) is 47.1 Å². The summed E-state index contributed by atoms with van der Waals surface area (Å²) >= 11 is 1.48. The fourth-order valence-electron chi connectivity index (χ4n) is 7.14. The van der Waals surface area contributed by atoms with E-state index in [0.717, 1.165) is 53.6 Å². The van der Waals surface area contributed by atoms with Crippen LogP contribution >= 0.6 is 11.3 Å². The van der Waals surface area contributed by atoms with Crippen molar-refractivity contribution in [2.75, 3.05) is 43.4 Å². The second-order valence-corrected chi connectivity index (χ2v) is 14.3. The number of aliphatic hydroxyl groups is 1. The predicted molar refractivity (Wildman–Crippen MR) is 195 cm³/mol. The Morgan fingerprint density at radius 3 is 2.73 bits per heavy atom. The fraction of sp³-hybridized carbons (Fsp3) is 0.297. The Morgan fingerprint density at radius 1 is 1.06 bits per heavy atom. The number of nitrogen functional groups attached to an aromatic ring is 1. The van der Waals surface area contributed by atoms with E-state index in [1.807, 2.05) is 54.6 Å². The minimum Gasteiger partial charge on any atom is -0.490 e. The summed E-state index contributed by atoms with van der Waals surface area (Å²) in [6, 6.07) is 21.2. The van der Waals surface area contributed by atoms with Crippen molar-refractivity contribution in [3.05, 3.63) is 118 Å². The van der Waals surface area contributed by atoms with E-state index in [4.69, 9.17) is 10.5 Å². The fourth-order valence-corrected chi connectivity index (χ4v) is 8.12. The number of halogens is 2. The molecule has 1 unspecified atom stereocenters. The van der Waals surface area contributed by atoms with Crippen LogP contribution in [0.2, 0.25) is 0 Å². The number of hydrogen-bond acceptors (Lipinski definition) is 11. The molecule has 0 saturated carbocycles. The molecule has 268 valence electrons. The Hall–Kier alpha value is -5.22. The zero-order valence-corrected chi connectivity index (χ0v) is 29.0. The van der Waals surface area contributed by atoms with Gasteiger partial charge in [0.25, 0.3) is 5.56 Å². The predicted octanol–water partition coefficient (Wildman–Crippen LogP) is 4.57. The van der Waals surface area contributed by atoms with Crippen LogP contribution in [0.4, 0.5) is 26.0 Å². The van der Waals surface area contributed by atoms with Gasteiger partial charge in [0.05, 0.1) is 30.0 Å². The summed E-state index contributed by atoms with van der Waals surface area (Å²) in [5.41, 5.74) is 7.44. The lowest BCUT2D eigenvalue weighted by Gasteiger charge is -2.31. The number of aromatic nitrogens is 5. The van der Waals surface area contributed by atoms with E-state index in [-0.39, 0.29) is 35.9 Å². The topological polar surface area (TPSA) is 140 Å². The van der Waals surface area contributed by atoms with Crippen molar-refractivity contribution in [2.24, 2.45) is 0 Å². The van der Waals surface area contributed by atoms with Gasteiger partial charge < -0.3 is 30.7 Å². The van der Waals surface area contributed by atoms with Gasteiger partial charge in [-0.3, -0.25) is 9.36 Å². The van der Waals surface area contributed by atoms with E-state index < -0.39 is 17.2 Å². The van der Waals surface area contributed by atoms with E-state index in [0.29, 0.717) is 42.3 Å². The van der Waals surface area contributed by atoms with E-state index in [1.54, 1.807) is 4.57 Å². The quantitative estimate of drug-likeness (QED) is 0.174. The lowest BCUT2D eigenvalue weighted by Crippen LogP contribution is -2.38. The second kappa shape index (κ2) is 14.1. The Labute approximate surface area is 301 Å². The summed E-state index contributed by atoms with van der Waals surface area (Å²) in [5, 5.41) is 19.4. The number of likely N-dealkylation sites (tertiary alicyclic amines) is 1. The Bertz CT molecular complexity index is 2270.